The predicted molar refractivity (Wildman–Crippen MR) is 46.1 cm³/mol. The van der Waals surface area contributed by atoms with Gasteiger partial charge in [0.15, 0.2) is 5.78 Å². The molecule has 0 saturated heterocycles. The van der Waals surface area contributed by atoms with Crippen molar-refractivity contribution in [3.63, 3.8) is 0 Å². The molecule has 0 amide bonds. The number of rotatable bonds is 4. The first-order valence-corrected chi connectivity index (χ1v) is 3.70. The number of ketones is 1. The summed E-state index contributed by atoms with van der Waals surface area (Å²) in [6, 6.07) is 0.116. The zero-order valence-electron chi connectivity index (χ0n) is 7.35. The minimum absolute atomic E-state index is 0.0553. The molecular weight excluding hydrogens is 140 g/mol. The molecule has 3 heteroatoms. The van der Waals surface area contributed by atoms with Crippen LogP contribution in [0.2, 0.25) is 0 Å². The molecule has 0 aliphatic rings. The van der Waals surface area contributed by atoms with Crippen molar-refractivity contribution in [2.75, 3.05) is 6.54 Å². The highest BCUT2D eigenvalue weighted by molar-refractivity contribution is 5.87. The molecule has 1 atom stereocenters. The van der Waals surface area contributed by atoms with E-state index in [1.54, 1.807) is 6.08 Å². The maximum atomic E-state index is 10.6. The third kappa shape index (κ3) is 7.06. The van der Waals surface area contributed by atoms with Crippen molar-refractivity contribution < 1.29 is 4.79 Å². The lowest BCUT2D eigenvalue weighted by atomic mass is 10.3. The largest absolute Gasteiger partial charge is 0.387 e. The molecule has 0 aromatic carbocycles. The zero-order chi connectivity index (χ0) is 8.85. The van der Waals surface area contributed by atoms with Crippen molar-refractivity contribution >= 4 is 5.78 Å². The van der Waals surface area contributed by atoms with Crippen LogP contribution in [0.5, 0.6) is 0 Å². The van der Waals surface area contributed by atoms with Gasteiger partial charge in [-0.25, -0.2) is 0 Å². The van der Waals surface area contributed by atoms with E-state index in [-0.39, 0.29) is 11.8 Å². The van der Waals surface area contributed by atoms with Crippen molar-refractivity contribution in [3.05, 3.63) is 11.8 Å². The molecule has 0 fully saturated rings. The third-order valence-electron chi connectivity index (χ3n) is 1.12. The molecule has 0 spiro atoms. The normalized spacial score (nSPS) is 14.4. The molecule has 0 aromatic heterocycles. The van der Waals surface area contributed by atoms with E-state index in [9.17, 15) is 4.79 Å². The summed E-state index contributed by atoms with van der Waals surface area (Å²) in [5.41, 5.74) is 6.37. The maximum absolute atomic E-state index is 10.6. The molecule has 0 heterocycles. The average molecular weight is 156 g/mol. The van der Waals surface area contributed by atoms with Gasteiger partial charge in [-0.15, -0.1) is 0 Å². The Morgan fingerprint density at radius 1 is 1.64 bits per heavy atom. The number of nitrogens with two attached hydrogens (primary N) is 1. The van der Waals surface area contributed by atoms with Gasteiger partial charge in [0.2, 0.25) is 0 Å². The summed E-state index contributed by atoms with van der Waals surface area (Å²) in [5.74, 6) is 0.0553. The minimum atomic E-state index is 0.0553. The van der Waals surface area contributed by atoms with Gasteiger partial charge in [0.25, 0.3) is 0 Å². The number of carbonyl (C=O) groups is 1. The van der Waals surface area contributed by atoms with Crippen LogP contribution in [-0.2, 0) is 4.79 Å². The van der Waals surface area contributed by atoms with Gasteiger partial charge in [0.05, 0.1) is 0 Å². The highest BCUT2D eigenvalue weighted by Crippen LogP contribution is 1.86. The van der Waals surface area contributed by atoms with Crippen LogP contribution in [0.1, 0.15) is 20.8 Å². The molecular formula is C8H16N2O. The highest BCUT2D eigenvalue weighted by Gasteiger charge is 1.93. The van der Waals surface area contributed by atoms with E-state index >= 15 is 0 Å². The Kier molecular flexibility index (Phi) is 4.54. The van der Waals surface area contributed by atoms with Gasteiger partial charge in [0, 0.05) is 18.3 Å². The Hall–Kier alpha value is -0.830. The van der Waals surface area contributed by atoms with Crippen LogP contribution in [0.4, 0.5) is 0 Å². The van der Waals surface area contributed by atoms with Crippen molar-refractivity contribution in [2.24, 2.45) is 5.73 Å². The Bertz CT molecular complexity index is 161. The summed E-state index contributed by atoms with van der Waals surface area (Å²) >= 11 is 0. The van der Waals surface area contributed by atoms with Crippen molar-refractivity contribution in [2.45, 2.75) is 26.8 Å². The van der Waals surface area contributed by atoms with Crippen molar-refractivity contribution in [3.8, 4) is 0 Å². The van der Waals surface area contributed by atoms with Crippen molar-refractivity contribution in [1.29, 1.82) is 0 Å². The lowest BCUT2D eigenvalue weighted by Gasteiger charge is -2.07. The Balaban J connectivity index is 3.68. The van der Waals surface area contributed by atoms with E-state index in [1.807, 2.05) is 13.8 Å². The first kappa shape index (κ1) is 10.2. The average Bonchev–Trinajstić information content (AvgIpc) is 1.82. The molecule has 0 aromatic rings. The van der Waals surface area contributed by atoms with E-state index < -0.39 is 0 Å². The van der Waals surface area contributed by atoms with Crippen LogP contribution in [0.15, 0.2) is 11.8 Å². The second-order valence-corrected chi connectivity index (χ2v) is 2.80. The molecule has 3 nitrogen and oxygen atoms in total. The monoisotopic (exact) mass is 156 g/mol. The van der Waals surface area contributed by atoms with Crippen LogP contribution in [0, 0.1) is 0 Å². The van der Waals surface area contributed by atoms with Gasteiger partial charge in [-0.05, 0) is 26.8 Å². The minimum Gasteiger partial charge on any atom is -0.387 e. The smallest absolute Gasteiger partial charge is 0.154 e. The van der Waals surface area contributed by atoms with Gasteiger partial charge < -0.3 is 11.1 Å². The van der Waals surface area contributed by atoms with E-state index in [1.165, 1.54) is 6.92 Å². The van der Waals surface area contributed by atoms with Gasteiger partial charge >= 0.3 is 0 Å². The van der Waals surface area contributed by atoms with E-state index in [4.69, 9.17) is 5.73 Å². The summed E-state index contributed by atoms with van der Waals surface area (Å²) in [6.45, 7) is 5.99. The van der Waals surface area contributed by atoms with E-state index in [2.05, 4.69) is 5.32 Å². The fourth-order valence-electron chi connectivity index (χ4n) is 0.678. The summed E-state index contributed by atoms with van der Waals surface area (Å²) in [7, 11) is 0. The number of allylic oxidation sites excluding steroid dienone is 2. The molecule has 0 rings (SSSR count). The maximum Gasteiger partial charge on any atom is 0.154 e. The van der Waals surface area contributed by atoms with Gasteiger partial charge in [-0.1, -0.05) is 0 Å². The third-order valence-corrected chi connectivity index (χ3v) is 1.12. The summed E-state index contributed by atoms with van der Waals surface area (Å²) in [6.07, 6.45) is 1.56. The van der Waals surface area contributed by atoms with Gasteiger partial charge in [-0.3, -0.25) is 4.79 Å². The Morgan fingerprint density at radius 3 is 2.55 bits per heavy atom. The summed E-state index contributed by atoms with van der Waals surface area (Å²) in [5, 5.41) is 3.03. The first-order valence-electron chi connectivity index (χ1n) is 3.70. The van der Waals surface area contributed by atoms with Crippen LogP contribution >= 0.6 is 0 Å². The van der Waals surface area contributed by atoms with Gasteiger partial charge in [0.1, 0.15) is 0 Å². The number of hydrogen-bond acceptors (Lipinski definition) is 3. The first-order chi connectivity index (χ1) is 5.02. The predicted octanol–water partition coefficient (Wildman–Crippen LogP) is 0.416. The molecule has 3 N–H and O–H groups in total. The summed E-state index contributed by atoms with van der Waals surface area (Å²) in [4.78, 5) is 10.6. The SMILES string of the molecule is CC(=O)/C=C(\C)NCC(C)N. The lowest BCUT2D eigenvalue weighted by molar-refractivity contribution is -0.112. The number of hydrogen-bond donors (Lipinski definition) is 2. The second kappa shape index (κ2) is 4.91. The molecule has 0 radical (unpaired) electrons. The molecule has 0 bridgehead atoms. The molecule has 0 aliphatic carbocycles. The molecule has 64 valence electrons. The summed E-state index contributed by atoms with van der Waals surface area (Å²) < 4.78 is 0. The Morgan fingerprint density at radius 2 is 2.18 bits per heavy atom. The topological polar surface area (TPSA) is 55.1 Å². The molecule has 0 aliphatic heterocycles. The van der Waals surface area contributed by atoms with Crippen LogP contribution < -0.4 is 11.1 Å². The van der Waals surface area contributed by atoms with Crippen molar-refractivity contribution in [1.82, 2.24) is 5.32 Å². The quantitative estimate of drug-likeness (QED) is 0.580. The highest BCUT2D eigenvalue weighted by atomic mass is 16.1. The fraction of sp³-hybridized carbons (Fsp3) is 0.625. The standard InChI is InChI=1S/C8H16N2O/c1-6(9)5-10-7(2)4-8(3)11/h4,6,10H,5,9H2,1-3H3/b7-4+. The molecule has 11 heavy (non-hydrogen) atoms. The van der Waals surface area contributed by atoms with Crippen LogP contribution in [-0.4, -0.2) is 18.4 Å². The zero-order valence-corrected chi connectivity index (χ0v) is 7.35. The van der Waals surface area contributed by atoms with Crippen LogP contribution in [0.3, 0.4) is 0 Å². The Labute approximate surface area is 67.7 Å². The van der Waals surface area contributed by atoms with E-state index in [0.717, 1.165) is 5.70 Å². The lowest BCUT2D eigenvalue weighted by Crippen LogP contribution is -2.30. The molecule has 0 saturated carbocycles. The van der Waals surface area contributed by atoms with E-state index in [0.29, 0.717) is 6.54 Å². The van der Waals surface area contributed by atoms with Gasteiger partial charge in [-0.2, -0.15) is 0 Å². The van der Waals surface area contributed by atoms with Crippen LogP contribution in [0.25, 0.3) is 0 Å². The molecule has 1 unspecified atom stereocenters. The fourth-order valence-corrected chi connectivity index (χ4v) is 0.678. The number of carbonyl (C=O) groups excluding carboxylic acids is 1. The second-order valence-electron chi connectivity index (χ2n) is 2.80. The number of nitrogens with one attached hydrogen (secondary N) is 1.